The Kier molecular flexibility index (Phi) is 5.73. The number of hydrogen-bond donors (Lipinski definition) is 3. The summed E-state index contributed by atoms with van der Waals surface area (Å²) in [7, 11) is 0. The summed E-state index contributed by atoms with van der Waals surface area (Å²) in [5.74, 6) is -2.32. The van der Waals surface area contributed by atoms with Crippen LogP contribution in [-0.2, 0) is 6.42 Å². The van der Waals surface area contributed by atoms with Crippen molar-refractivity contribution in [1.82, 2.24) is 0 Å². The first-order valence-corrected chi connectivity index (χ1v) is 10.0. The molecule has 0 unspecified atom stereocenters. The van der Waals surface area contributed by atoms with Gasteiger partial charge in [-0.3, -0.25) is 9.59 Å². The van der Waals surface area contributed by atoms with Gasteiger partial charge in [-0.2, -0.15) is 0 Å². The minimum Gasteiger partial charge on any atom is -0.502 e. The average Bonchev–Trinajstić information content (AvgIpc) is 2.80. The zero-order chi connectivity index (χ0) is 22.8. The first kappa shape index (κ1) is 21.2. The van der Waals surface area contributed by atoms with Gasteiger partial charge in [0.1, 0.15) is 5.69 Å². The van der Waals surface area contributed by atoms with Crippen molar-refractivity contribution in [3.8, 4) is 5.75 Å². The zero-order valence-corrected chi connectivity index (χ0v) is 17.2. The van der Waals surface area contributed by atoms with E-state index in [9.17, 15) is 23.5 Å². The third-order valence-electron chi connectivity index (χ3n) is 5.31. The third kappa shape index (κ3) is 4.09. The van der Waals surface area contributed by atoms with Crippen molar-refractivity contribution in [2.75, 3.05) is 10.6 Å². The number of anilines is 3. The SMILES string of the molecule is C[C@@H](Nc1ccccc1Cc1cccc(Nc2c(O)c(=O)c2=O)c1)c1cccc(F)c1F. The van der Waals surface area contributed by atoms with Crippen LogP contribution in [-0.4, -0.2) is 5.11 Å². The predicted octanol–water partition coefficient (Wildman–Crippen LogP) is 4.77. The molecule has 0 heterocycles. The predicted molar refractivity (Wildman–Crippen MR) is 120 cm³/mol. The van der Waals surface area contributed by atoms with Gasteiger partial charge in [-0.15, -0.1) is 0 Å². The summed E-state index contributed by atoms with van der Waals surface area (Å²) >= 11 is 0. The van der Waals surface area contributed by atoms with Crippen molar-refractivity contribution in [3.63, 3.8) is 0 Å². The summed E-state index contributed by atoms with van der Waals surface area (Å²) in [5, 5.41) is 15.6. The molecule has 7 heteroatoms. The van der Waals surface area contributed by atoms with Crippen molar-refractivity contribution in [3.05, 3.63) is 116 Å². The molecule has 32 heavy (non-hydrogen) atoms. The normalized spacial score (nSPS) is 12.0. The highest BCUT2D eigenvalue weighted by molar-refractivity contribution is 5.69. The van der Waals surface area contributed by atoms with Gasteiger partial charge >= 0.3 is 0 Å². The fraction of sp³-hybridized carbons (Fsp3) is 0.120. The van der Waals surface area contributed by atoms with Crippen LogP contribution in [0.25, 0.3) is 0 Å². The lowest BCUT2D eigenvalue weighted by molar-refractivity contribution is 0.466. The molecule has 0 bridgehead atoms. The number of benzene rings is 3. The first-order valence-electron chi connectivity index (χ1n) is 10.0. The molecule has 0 aliphatic carbocycles. The van der Waals surface area contributed by atoms with E-state index in [0.29, 0.717) is 12.1 Å². The van der Waals surface area contributed by atoms with Gasteiger partial charge in [-0.1, -0.05) is 42.5 Å². The van der Waals surface area contributed by atoms with Crippen LogP contribution in [0.15, 0.2) is 76.3 Å². The Labute approximate surface area is 182 Å². The standard InChI is InChI=1S/C25H20F2N2O3/c1-14(18-9-5-10-19(26)21(18)27)28-20-11-3-2-7-16(20)12-15-6-4-8-17(13-15)29-22-23(30)25(32)24(22)31/h2-11,13-14,28-30H,12H2,1H3/t14-/m1/s1. The van der Waals surface area contributed by atoms with Crippen molar-refractivity contribution >= 4 is 17.1 Å². The van der Waals surface area contributed by atoms with Crippen LogP contribution in [0.3, 0.4) is 0 Å². The Morgan fingerprint density at radius 2 is 1.69 bits per heavy atom. The van der Waals surface area contributed by atoms with Gasteiger partial charge in [0.2, 0.25) is 0 Å². The minimum absolute atomic E-state index is 0.111. The van der Waals surface area contributed by atoms with Gasteiger partial charge in [0.25, 0.3) is 10.9 Å². The molecule has 0 aliphatic heterocycles. The average molecular weight is 434 g/mol. The third-order valence-corrected chi connectivity index (χ3v) is 5.31. The van der Waals surface area contributed by atoms with E-state index in [4.69, 9.17) is 0 Å². The van der Waals surface area contributed by atoms with E-state index < -0.39 is 34.3 Å². The van der Waals surface area contributed by atoms with Crippen LogP contribution in [0.5, 0.6) is 5.75 Å². The Morgan fingerprint density at radius 3 is 2.47 bits per heavy atom. The van der Waals surface area contributed by atoms with E-state index >= 15 is 0 Å². The molecule has 1 atom stereocenters. The van der Waals surface area contributed by atoms with Crippen molar-refractivity contribution in [2.24, 2.45) is 0 Å². The largest absolute Gasteiger partial charge is 0.502 e. The second-order valence-corrected chi connectivity index (χ2v) is 7.55. The molecule has 0 aliphatic rings. The maximum Gasteiger partial charge on any atom is 0.271 e. The highest BCUT2D eigenvalue weighted by Gasteiger charge is 2.20. The van der Waals surface area contributed by atoms with Crippen LogP contribution < -0.4 is 21.5 Å². The molecular formula is C25H20F2N2O3. The number of aromatic hydroxyl groups is 1. The number of hydrogen-bond acceptors (Lipinski definition) is 5. The Morgan fingerprint density at radius 1 is 0.938 bits per heavy atom. The highest BCUT2D eigenvalue weighted by atomic mass is 19.2. The molecule has 0 fully saturated rings. The number of rotatable bonds is 7. The second kappa shape index (κ2) is 8.63. The van der Waals surface area contributed by atoms with Crippen LogP contribution in [0.1, 0.15) is 29.7 Å². The molecule has 5 nitrogen and oxygen atoms in total. The summed E-state index contributed by atoms with van der Waals surface area (Å²) in [4.78, 5) is 22.8. The molecule has 0 saturated heterocycles. The summed E-state index contributed by atoms with van der Waals surface area (Å²) in [6.07, 6.45) is 0.523. The fourth-order valence-corrected chi connectivity index (χ4v) is 3.60. The van der Waals surface area contributed by atoms with Crippen molar-refractivity contribution < 1.29 is 13.9 Å². The second-order valence-electron chi connectivity index (χ2n) is 7.55. The quantitative estimate of drug-likeness (QED) is 0.365. The summed E-state index contributed by atoms with van der Waals surface area (Å²) in [6, 6.07) is 18.4. The minimum atomic E-state index is -0.896. The lowest BCUT2D eigenvalue weighted by Gasteiger charge is -2.19. The number of para-hydroxylation sites is 1. The zero-order valence-electron chi connectivity index (χ0n) is 17.2. The molecule has 162 valence electrons. The molecule has 4 rings (SSSR count). The van der Waals surface area contributed by atoms with Gasteiger partial charge in [-0.25, -0.2) is 8.78 Å². The number of halogens is 2. The van der Waals surface area contributed by atoms with E-state index in [2.05, 4.69) is 10.6 Å². The van der Waals surface area contributed by atoms with Crippen LogP contribution >= 0.6 is 0 Å². The van der Waals surface area contributed by atoms with Crippen LogP contribution in [0, 0.1) is 11.6 Å². The summed E-state index contributed by atoms with van der Waals surface area (Å²) < 4.78 is 27.8. The fourth-order valence-electron chi connectivity index (χ4n) is 3.60. The van der Waals surface area contributed by atoms with Crippen LogP contribution in [0.4, 0.5) is 25.8 Å². The van der Waals surface area contributed by atoms with E-state index in [1.807, 2.05) is 36.4 Å². The lowest BCUT2D eigenvalue weighted by atomic mass is 10.0. The van der Waals surface area contributed by atoms with Gasteiger partial charge in [0.15, 0.2) is 17.4 Å². The van der Waals surface area contributed by atoms with E-state index in [1.54, 1.807) is 25.1 Å². The molecule has 0 radical (unpaired) electrons. The summed E-state index contributed by atoms with van der Waals surface area (Å²) in [6.45, 7) is 1.76. The van der Waals surface area contributed by atoms with Gasteiger partial charge in [0, 0.05) is 16.9 Å². The smallest absolute Gasteiger partial charge is 0.271 e. The highest BCUT2D eigenvalue weighted by Crippen LogP contribution is 2.28. The molecule has 4 aromatic carbocycles. The maximum absolute atomic E-state index is 14.2. The van der Waals surface area contributed by atoms with Gasteiger partial charge in [-0.05, 0) is 48.7 Å². The Bertz CT molecular complexity index is 1360. The Balaban J connectivity index is 1.54. The first-order chi connectivity index (χ1) is 15.3. The molecule has 0 saturated carbocycles. The molecule has 0 amide bonds. The molecular weight excluding hydrogens is 414 g/mol. The summed E-state index contributed by atoms with van der Waals surface area (Å²) in [5.41, 5.74) is 1.66. The van der Waals surface area contributed by atoms with E-state index in [-0.39, 0.29) is 11.3 Å². The molecule has 0 aromatic heterocycles. The molecule has 4 aromatic rings. The van der Waals surface area contributed by atoms with Gasteiger partial charge < -0.3 is 15.7 Å². The number of nitrogens with one attached hydrogen (secondary N) is 2. The Hall–Kier alpha value is -4.00. The van der Waals surface area contributed by atoms with Crippen LogP contribution in [0.2, 0.25) is 0 Å². The van der Waals surface area contributed by atoms with E-state index in [1.165, 1.54) is 6.07 Å². The lowest BCUT2D eigenvalue weighted by Crippen LogP contribution is -2.32. The van der Waals surface area contributed by atoms with Crippen molar-refractivity contribution in [2.45, 2.75) is 19.4 Å². The van der Waals surface area contributed by atoms with E-state index in [0.717, 1.165) is 22.9 Å². The van der Waals surface area contributed by atoms with Gasteiger partial charge in [0.05, 0.1) is 6.04 Å². The maximum atomic E-state index is 14.2. The molecule has 3 N–H and O–H groups in total. The monoisotopic (exact) mass is 434 g/mol. The molecule has 0 spiro atoms. The topological polar surface area (TPSA) is 78.4 Å². The van der Waals surface area contributed by atoms with Crippen molar-refractivity contribution in [1.29, 1.82) is 0 Å².